The van der Waals surface area contributed by atoms with Crippen LogP contribution in [0.2, 0.25) is 0 Å². The molecule has 0 amide bonds. The Bertz CT molecular complexity index is 1420. The molecule has 182 valence electrons. The van der Waals surface area contributed by atoms with Crippen LogP contribution in [0.4, 0.5) is 0 Å². The minimum absolute atomic E-state index is 0.00334. The van der Waals surface area contributed by atoms with E-state index in [0.29, 0.717) is 17.9 Å². The van der Waals surface area contributed by atoms with Gasteiger partial charge in [-0.2, -0.15) is 0 Å². The van der Waals surface area contributed by atoms with E-state index in [2.05, 4.69) is 4.72 Å². The van der Waals surface area contributed by atoms with Crippen molar-refractivity contribution in [1.29, 1.82) is 0 Å². The molecule has 0 bridgehead atoms. The van der Waals surface area contributed by atoms with E-state index in [4.69, 9.17) is 13.6 Å². The van der Waals surface area contributed by atoms with Gasteiger partial charge in [0.1, 0.15) is 11.5 Å². The molecule has 0 aliphatic rings. The fourth-order valence-electron chi connectivity index (χ4n) is 3.61. The summed E-state index contributed by atoms with van der Waals surface area (Å²) in [6.45, 7) is 3.77. The molecule has 0 saturated carbocycles. The van der Waals surface area contributed by atoms with Gasteiger partial charge in [-0.25, -0.2) is 17.9 Å². The lowest BCUT2D eigenvalue weighted by atomic mass is 10.1. The maximum Gasteiger partial charge on any atom is 0.338 e. The quantitative estimate of drug-likeness (QED) is 0.261. The van der Waals surface area contributed by atoms with Crippen molar-refractivity contribution in [2.24, 2.45) is 0 Å². The van der Waals surface area contributed by atoms with Crippen molar-refractivity contribution >= 4 is 21.8 Å². The normalized spacial score (nSPS) is 11.5. The van der Waals surface area contributed by atoms with Crippen molar-refractivity contribution in [3.63, 3.8) is 0 Å². The number of sulfonamides is 1. The molecule has 10 heteroatoms. The minimum atomic E-state index is -3.79. The number of ether oxygens (including phenoxy) is 1. The summed E-state index contributed by atoms with van der Waals surface area (Å²) in [5.74, 6) is 0.174. The van der Waals surface area contributed by atoms with Gasteiger partial charge in [0.05, 0.1) is 36.1 Å². The molecule has 1 N–H and O–H groups in total. The minimum Gasteiger partial charge on any atom is -0.468 e. The van der Waals surface area contributed by atoms with Gasteiger partial charge in [0.25, 0.3) is 0 Å². The van der Waals surface area contributed by atoms with Crippen LogP contribution in [0, 0.1) is 13.8 Å². The number of carbonyl (C=O) groups excluding carboxylic acids is 2. The Hall–Kier alpha value is -3.89. The number of aromatic nitrogens is 1. The topological polar surface area (TPSA) is 121 Å². The second kappa shape index (κ2) is 10.2. The number of hydrogen-bond acceptors (Lipinski definition) is 7. The number of Topliss-reactive ketones (excluding diaryl/α,β-unsaturated/α-hetero) is 1. The first-order valence-corrected chi connectivity index (χ1v) is 12.2. The van der Waals surface area contributed by atoms with Crippen molar-refractivity contribution < 1.29 is 31.6 Å². The van der Waals surface area contributed by atoms with Gasteiger partial charge in [-0.15, -0.1) is 0 Å². The number of nitrogens with one attached hydrogen (secondary N) is 1. The molecule has 4 aromatic rings. The Morgan fingerprint density at radius 1 is 0.971 bits per heavy atom. The summed E-state index contributed by atoms with van der Waals surface area (Å²) in [6.07, 6.45) is 3.04. The summed E-state index contributed by atoms with van der Waals surface area (Å²) in [7, 11) is -3.79. The van der Waals surface area contributed by atoms with Crippen molar-refractivity contribution in [2.75, 3.05) is 6.61 Å². The molecule has 0 unspecified atom stereocenters. The number of nitrogens with zero attached hydrogens (tertiary/aromatic N) is 1. The number of ketones is 1. The van der Waals surface area contributed by atoms with Crippen LogP contribution in [0.1, 0.15) is 43.6 Å². The highest BCUT2D eigenvalue weighted by molar-refractivity contribution is 7.89. The molecule has 0 radical (unpaired) electrons. The van der Waals surface area contributed by atoms with Gasteiger partial charge in [0, 0.05) is 17.0 Å². The third-order valence-electron chi connectivity index (χ3n) is 5.52. The SMILES string of the molecule is Cc1cc(C(=O)COC(=O)c2ccc(S(=O)(=O)NCc3ccco3)cc2)c(C)n1Cc1ccco1. The van der Waals surface area contributed by atoms with E-state index in [0.717, 1.165) is 17.1 Å². The lowest BCUT2D eigenvalue weighted by Gasteiger charge is -2.09. The summed E-state index contributed by atoms with van der Waals surface area (Å²) < 4.78 is 44.9. The van der Waals surface area contributed by atoms with E-state index in [1.807, 2.05) is 24.5 Å². The molecule has 35 heavy (non-hydrogen) atoms. The molecular weight excluding hydrogens is 472 g/mol. The first-order chi connectivity index (χ1) is 16.7. The highest BCUT2D eigenvalue weighted by Gasteiger charge is 2.20. The number of benzene rings is 1. The largest absolute Gasteiger partial charge is 0.468 e. The van der Waals surface area contributed by atoms with E-state index >= 15 is 0 Å². The second-order valence-corrected chi connectivity index (χ2v) is 9.64. The highest BCUT2D eigenvalue weighted by Crippen LogP contribution is 2.19. The van der Waals surface area contributed by atoms with E-state index in [-0.39, 0.29) is 22.8 Å². The number of hydrogen-bond donors (Lipinski definition) is 1. The predicted molar refractivity (Wildman–Crippen MR) is 126 cm³/mol. The first-order valence-electron chi connectivity index (χ1n) is 10.8. The monoisotopic (exact) mass is 496 g/mol. The maximum atomic E-state index is 12.7. The molecule has 4 rings (SSSR count). The average molecular weight is 497 g/mol. The number of aryl methyl sites for hydroxylation is 1. The molecule has 0 aliphatic carbocycles. The smallest absolute Gasteiger partial charge is 0.338 e. The van der Waals surface area contributed by atoms with Crippen LogP contribution in [0.15, 0.2) is 80.9 Å². The lowest BCUT2D eigenvalue weighted by molar-refractivity contribution is 0.0474. The lowest BCUT2D eigenvalue weighted by Crippen LogP contribution is -2.23. The van der Waals surface area contributed by atoms with Crippen molar-refractivity contribution in [2.45, 2.75) is 31.8 Å². The Kier molecular flexibility index (Phi) is 7.04. The highest BCUT2D eigenvalue weighted by atomic mass is 32.2. The van der Waals surface area contributed by atoms with Gasteiger partial charge >= 0.3 is 5.97 Å². The van der Waals surface area contributed by atoms with E-state index < -0.39 is 22.6 Å². The summed E-state index contributed by atoms with van der Waals surface area (Å²) in [5, 5.41) is 0. The number of rotatable bonds is 10. The summed E-state index contributed by atoms with van der Waals surface area (Å²) in [6, 6.07) is 14.0. The van der Waals surface area contributed by atoms with Crippen molar-refractivity contribution in [3.8, 4) is 0 Å². The summed E-state index contributed by atoms with van der Waals surface area (Å²) in [5.41, 5.74) is 2.22. The van der Waals surface area contributed by atoms with Gasteiger partial charge in [-0.05, 0) is 68.4 Å². The van der Waals surface area contributed by atoms with E-state index in [9.17, 15) is 18.0 Å². The average Bonchev–Trinajstić information content (AvgIpc) is 3.61. The fourth-order valence-corrected chi connectivity index (χ4v) is 4.60. The van der Waals surface area contributed by atoms with E-state index in [1.54, 1.807) is 30.5 Å². The van der Waals surface area contributed by atoms with Gasteiger partial charge < -0.3 is 18.1 Å². The molecule has 0 aliphatic heterocycles. The van der Waals surface area contributed by atoms with Crippen LogP contribution in [0.5, 0.6) is 0 Å². The number of esters is 1. The van der Waals surface area contributed by atoms with Crippen LogP contribution in [-0.4, -0.2) is 31.3 Å². The molecule has 0 fully saturated rings. The molecule has 1 aromatic carbocycles. The van der Waals surface area contributed by atoms with Gasteiger partial charge in [-0.1, -0.05) is 0 Å². The van der Waals surface area contributed by atoms with Crippen molar-refractivity contribution in [3.05, 3.63) is 101 Å². The van der Waals surface area contributed by atoms with Crippen LogP contribution >= 0.6 is 0 Å². The molecule has 0 saturated heterocycles. The molecule has 0 spiro atoms. The molecule has 3 heterocycles. The fraction of sp³-hybridized carbons (Fsp3) is 0.200. The molecule has 9 nitrogen and oxygen atoms in total. The Labute approximate surface area is 202 Å². The Morgan fingerprint density at radius 2 is 1.63 bits per heavy atom. The zero-order chi connectivity index (χ0) is 25.0. The summed E-state index contributed by atoms with van der Waals surface area (Å²) >= 11 is 0. The molecule has 0 atom stereocenters. The number of furan rings is 2. The Balaban J connectivity index is 1.36. The van der Waals surface area contributed by atoms with E-state index in [1.165, 1.54) is 30.5 Å². The predicted octanol–water partition coefficient (Wildman–Crippen LogP) is 3.86. The van der Waals surface area contributed by atoms with Gasteiger partial charge in [0.2, 0.25) is 15.8 Å². The third kappa shape index (κ3) is 5.61. The molecule has 3 aromatic heterocycles. The maximum absolute atomic E-state index is 12.7. The van der Waals surface area contributed by atoms with Gasteiger partial charge in [-0.3, -0.25) is 4.79 Å². The van der Waals surface area contributed by atoms with Crippen LogP contribution in [0.25, 0.3) is 0 Å². The second-order valence-electron chi connectivity index (χ2n) is 7.88. The zero-order valence-corrected chi connectivity index (χ0v) is 20.0. The first kappa shape index (κ1) is 24.2. The molecular formula is C25H24N2O7S. The van der Waals surface area contributed by atoms with Crippen LogP contribution in [-0.2, 0) is 27.8 Å². The Morgan fingerprint density at radius 3 is 2.26 bits per heavy atom. The van der Waals surface area contributed by atoms with Crippen LogP contribution in [0.3, 0.4) is 0 Å². The zero-order valence-electron chi connectivity index (χ0n) is 19.2. The third-order valence-corrected chi connectivity index (χ3v) is 6.94. The summed E-state index contributed by atoms with van der Waals surface area (Å²) in [4.78, 5) is 25.1. The van der Waals surface area contributed by atoms with Crippen molar-refractivity contribution in [1.82, 2.24) is 9.29 Å². The van der Waals surface area contributed by atoms with Crippen LogP contribution < -0.4 is 4.72 Å². The van der Waals surface area contributed by atoms with Gasteiger partial charge in [0.15, 0.2) is 6.61 Å². The standard InChI is InChI=1S/C25H24N2O7S/c1-17-13-23(18(2)27(17)15-21-6-4-12-33-21)24(28)16-34-25(29)19-7-9-22(10-8-19)35(30,31)26-14-20-5-3-11-32-20/h3-13,26H,14-16H2,1-2H3. The number of carbonyl (C=O) groups is 2.